The summed E-state index contributed by atoms with van der Waals surface area (Å²) in [6.07, 6.45) is -4.50. The zero-order chi connectivity index (χ0) is 17.7. The number of halogens is 4. The van der Waals surface area contributed by atoms with Gasteiger partial charge in [0.1, 0.15) is 6.04 Å². The van der Waals surface area contributed by atoms with Crippen LogP contribution in [0.15, 0.2) is 40.9 Å². The van der Waals surface area contributed by atoms with E-state index in [0.29, 0.717) is 0 Å². The first-order valence-corrected chi connectivity index (χ1v) is 8.21. The summed E-state index contributed by atoms with van der Waals surface area (Å²) >= 11 is 3.35. The SMILES string of the molecule is CC1(C)CN([C@@H](c2ccc3cc(Br)ccc3c2)C(F)(F)F)NC1=O. The lowest BCUT2D eigenvalue weighted by atomic mass is 9.93. The van der Waals surface area contributed by atoms with Crippen molar-refractivity contribution in [2.24, 2.45) is 5.41 Å². The third-order valence-corrected chi connectivity index (χ3v) is 4.68. The molecule has 24 heavy (non-hydrogen) atoms. The first-order valence-electron chi connectivity index (χ1n) is 7.42. The topological polar surface area (TPSA) is 32.3 Å². The van der Waals surface area contributed by atoms with E-state index in [1.54, 1.807) is 32.0 Å². The number of amides is 1. The van der Waals surface area contributed by atoms with E-state index < -0.39 is 23.5 Å². The van der Waals surface area contributed by atoms with E-state index in [4.69, 9.17) is 0 Å². The van der Waals surface area contributed by atoms with E-state index in [9.17, 15) is 18.0 Å². The largest absolute Gasteiger partial charge is 0.409 e. The number of rotatable bonds is 2. The molecular formula is C17H16BrF3N2O. The van der Waals surface area contributed by atoms with Crippen LogP contribution in [0.5, 0.6) is 0 Å². The van der Waals surface area contributed by atoms with E-state index in [0.717, 1.165) is 20.3 Å². The molecule has 1 aliphatic rings. The van der Waals surface area contributed by atoms with Gasteiger partial charge in [0.05, 0.1) is 5.41 Å². The molecule has 2 aromatic rings. The molecule has 1 atom stereocenters. The van der Waals surface area contributed by atoms with Gasteiger partial charge in [0.25, 0.3) is 0 Å². The number of hydrogen-bond acceptors (Lipinski definition) is 2. The van der Waals surface area contributed by atoms with Crippen LogP contribution in [0.3, 0.4) is 0 Å². The van der Waals surface area contributed by atoms with Crippen molar-refractivity contribution in [1.82, 2.24) is 10.4 Å². The second kappa shape index (κ2) is 5.74. The van der Waals surface area contributed by atoms with Gasteiger partial charge in [-0.25, -0.2) is 5.01 Å². The van der Waals surface area contributed by atoms with Crippen molar-refractivity contribution in [3.05, 3.63) is 46.4 Å². The van der Waals surface area contributed by atoms with Gasteiger partial charge < -0.3 is 0 Å². The summed E-state index contributed by atoms with van der Waals surface area (Å²) in [6.45, 7) is 3.26. The normalized spacial score (nSPS) is 19.5. The highest BCUT2D eigenvalue weighted by atomic mass is 79.9. The summed E-state index contributed by atoms with van der Waals surface area (Å²) in [5, 5.41) is 2.55. The fraction of sp³-hybridized carbons (Fsp3) is 0.353. The fourth-order valence-electron chi connectivity index (χ4n) is 2.93. The number of hydrazine groups is 1. The fourth-order valence-corrected chi connectivity index (χ4v) is 3.30. The molecule has 0 aromatic heterocycles. The maximum absolute atomic E-state index is 13.7. The Morgan fingerprint density at radius 2 is 1.79 bits per heavy atom. The van der Waals surface area contributed by atoms with Crippen LogP contribution in [0.25, 0.3) is 10.8 Å². The Kier molecular flexibility index (Phi) is 4.12. The highest BCUT2D eigenvalue weighted by molar-refractivity contribution is 9.10. The average molecular weight is 401 g/mol. The molecule has 1 amide bonds. The molecule has 3 nitrogen and oxygen atoms in total. The molecule has 0 spiro atoms. The Morgan fingerprint density at radius 3 is 2.38 bits per heavy atom. The van der Waals surface area contributed by atoms with Crippen LogP contribution in [0.4, 0.5) is 13.2 Å². The molecule has 0 saturated carbocycles. The Bertz CT molecular complexity index is 804. The summed E-state index contributed by atoms with van der Waals surface area (Å²) in [4.78, 5) is 11.9. The Balaban J connectivity index is 2.04. The van der Waals surface area contributed by atoms with Crippen molar-refractivity contribution in [3.63, 3.8) is 0 Å². The average Bonchev–Trinajstić information content (AvgIpc) is 2.71. The summed E-state index contributed by atoms with van der Waals surface area (Å²) < 4.78 is 42.0. The molecule has 7 heteroatoms. The number of nitrogens with zero attached hydrogens (tertiary/aromatic N) is 1. The van der Waals surface area contributed by atoms with Crippen LogP contribution in [0.2, 0.25) is 0 Å². The number of carbonyl (C=O) groups is 1. The molecule has 1 N–H and O–H groups in total. The first kappa shape index (κ1) is 17.2. The predicted molar refractivity (Wildman–Crippen MR) is 89.1 cm³/mol. The second-order valence-electron chi connectivity index (χ2n) is 6.65. The van der Waals surface area contributed by atoms with Crippen molar-refractivity contribution in [3.8, 4) is 0 Å². The molecule has 0 unspecified atom stereocenters. The maximum atomic E-state index is 13.7. The van der Waals surface area contributed by atoms with Crippen LogP contribution >= 0.6 is 15.9 Å². The smallest absolute Gasteiger partial charge is 0.287 e. The quantitative estimate of drug-likeness (QED) is 0.799. The van der Waals surface area contributed by atoms with E-state index >= 15 is 0 Å². The van der Waals surface area contributed by atoms with Gasteiger partial charge in [-0.3, -0.25) is 10.2 Å². The van der Waals surface area contributed by atoms with E-state index in [1.807, 2.05) is 6.07 Å². The van der Waals surface area contributed by atoms with Crippen LogP contribution < -0.4 is 5.43 Å². The lowest BCUT2D eigenvalue weighted by molar-refractivity contribution is -0.191. The maximum Gasteiger partial charge on any atom is 0.409 e. The molecule has 0 radical (unpaired) electrons. The van der Waals surface area contributed by atoms with E-state index in [1.165, 1.54) is 12.1 Å². The van der Waals surface area contributed by atoms with Gasteiger partial charge in [0.15, 0.2) is 0 Å². The van der Waals surface area contributed by atoms with Crippen LogP contribution in [0.1, 0.15) is 25.5 Å². The molecule has 1 heterocycles. The number of carbonyl (C=O) groups excluding carboxylic acids is 1. The van der Waals surface area contributed by atoms with Gasteiger partial charge in [-0.15, -0.1) is 0 Å². The molecule has 1 fully saturated rings. The molecule has 3 rings (SSSR count). The van der Waals surface area contributed by atoms with Gasteiger partial charge >= 0.3 is 6.18 Å². The van der Waals surface area contributed by atoms with Crippen molar-refractivity contribution >= 4 is 32.6 Å². The van der Waals surface area contributed by atoms with Crippen molar-refractivity contribution < 1.29 is 18.0 Å². The molecule has 0 bridgehead atoms. The number of hydrogen-bond donors (Lipinski definition) is 1. The third kappa shape index (κ3) is 3.15. The van der Waals surface area contributed by atoms with Crippen LogP contribution in [0, 0.1) is 5.41 Å². The summed E-state index contributed by atoms with van der Waals surface area (Å²) in [5.74, 6) is -0.401. The van der Waals surface area contributed by atoms with Gasteiger partial charge in [-0.05, 0) is 48.4 Å². The van der Waals surface area contributed by atoms with Gasteiger partial charge in [-0.1, -0.05) is 34.1 Å². The highest BCUT2D eigenvalue weighted by Crippen LogP contribution is 2.41. The van der Waals surface area contributed by atoms with Crippen LogP contribution in [-0.4, -0.2) is 23.6 Å². The number of alkyl halides is 3. The molecule has 1 aliphatic heterocycles. The summed E-state index contributed by atoms with van der Waals surface area (Å²) in [7, 11) is 0. The highest BCUT2D eigenvalue weighted by Gasteiger charge is 2.51. The molecule has 128 valence electrons. The number of nitrogens with one attached hydrogen (secondary N) is 1. The Labute approximate surface area is 145 Å². The lowest BCUT2D eigenvalue weighted by Gasteiger charge is -2.30. The third-order valence-electron chi connectivity index (χ3n) is 4.19. The predicted octanol–water partition coefficient (Wildman–Crippen LogP) is 4.58. The molecule has 2 aromatic carbocycles. The second-order valence-corrected chi connectivity index (χ2v) is 7.56. The Morgan fingerprint density at radius 1 is 1.17 bits per heavy atom. The van der Waals surface area contributed by atoms with Crippen molar-refractivity contribution in [2.45, 2.75) is 26.1 Å². The van der Waals surface area contributed by atoms with E-state index in [2.05, 4.69) is 21.4 Å². The molecule has 1 saturated heterocycles. The minimum Gasteiger partial charge on any atom is -0.287 e. The van der Waals surface area contributed by atoms with Crippen molar-refractivity contribution in [2.75, 3.05) is 6.54 Å². The summed E-state index contributed by atoms with van der Waals surface area (Å²) in [5.41, 5.74) is 1.62. The zero-order valence-electron chi connectivity index (χ0n) is 13.1. The summed E-state index contributed by atoms with van der Waals surface area (Å²) in [6, 6.07) is 8.18. The van der Waals surface area contributed by atoms with Gasteiger partial charge in [0, 0.05) is 11.0 Å². The standard InChI is InChI=1S/C17H16BrF3N2O/c1-16(2)9-23(22-15(16)24)14(17(19,20)21)12-4-3-11-8-13(18)6-5-10(11)7-12/h3-8,14H,9H2,1-2H3,(H,22,24)/t14-/m0/s1. The minimum absolute atomic E-state index is 0.00557. The minimum atomic E-state index is -4.50. The van der Waals surface area contributed by atoms with Crippen LogP contribution in [-0.2, 0) is 4.79 Å². The zero-order valence-corrected chi connectivity index (χ0v) is 14.7. The van der Waals surface area contributed by atoms with Crippen molar-refractivity contribution in [1.29, 1.82) is 0 Å². The van der Waals surface area contributed by atoms with Gasteiger partial charge in [-0.2, -0.15) is 13.2 Å². The van der Waals surface area contributed by atoms with Gasteiger partial charge in [0.2, 0.25) is 5.91 Å². The molecular weight excluding hydrogens is 385 g/mol. The number of benzene rings is 2. The lowest BCUT2D eigenvalue weighted by Crippen LogP contribution is -2.43. The number of fused-ring (bicyclic) bond motifs is 1. The Hall–Kier alpha value is -1.60. The molecule has 0 aliphatic carbocycles. The monoisotopic (exact) mass is 400 g/mol. The van der Waals surface area contributed by atoms with E-state index in [-0.39, 0.29) is 12.1 Å². The first-order chi connectivity index (χ1) is 11.1.